The third kappa shape index (κ3) is 1.97. The molecule has 2 heterocycles. The molecule has 0 radical (unpaired) electrons. The third-order valence-electron chi connectivity index (χ3n) is 2.87. The van der Waals surface area contributed by atoms with E-state index < -0.39 is 37.0 Å². The lowest BCUT2D eigenvalue weighted by Gasteiger charge is -2.16. The summed E-state index contributed by atoms with van der Waals surface area (Å²) in [7, 11) is 0. The maximum Gasteiger partial charge on any atom is 0.351 e. The highest BCUT2D eigenvalue weighted by Gasteiger charge is 2.46. The molecule has 0 aromatic carbocycles. The number of anilines is 1. The first kappa shape index (κ1) is 12.9. The van der Waals surface area contributed by atoms with E-state index in [2.05, 4.69) is 4.98 Å². The second-order valence-corrected chi connectivity index (χ2v) is 4.14. The van der Waals surface area contributed by atoms with Crippen LogP contribution in [0, 0.1) is 6.92 Å². The largest absolute Gasteiger partial charge is 0.394 e. The van der Waals surface area contributed by atoms with Gasteiger partial charge in [-0.25, -0.2) is 13.6 Å². The Hall–Kier alpha value is -1.54. The minimum absolute atomic E-state index is 0.0279. The summed E-state index contributed by atoms with van der Waals surface area (Å²) in [5.74, 6) is 0.0279. The van der Waals surface area contributed by atoms with Gasteiger partial charge < -0.3 is 15.6 Å². The molecule has 1 aliphatic rings. The lowest BCUT2D eigenvalue weighted by molar-refractivity contribution is -0.0436. The van der Waals surface area contributed by atoms with Crippen LogP contribution in [0.2, 0.25) is 0 Å². The zero-order valence-corrected chi connectivity index (χ0v) is 9.59. The van der Waals surface area contributed by atoms with Crippen LogP contribution >= 0.6 is 0 Å². The minimum Gasteiger partial charge on any atom is -0.394 e. The van der Waals surface area contributed by atoms with E-state index >= 15 is 0 Å². The van der Waals surface area contributed by atoms with Crippen LogP contribution in [0.15, 0.2) is 11.0 Å². The number of rotatable bonds is 2. The number of ether oxygens (including phenoxy) is 1. The van der Waals surface area contributed by atoms with E-state index in [0.717, 1.165) is 4.57 Å². The van der Waals surface area contributed by atoms with Gasteiger partial charge in [-0.3, -0.25) is 4.57 Å². The number of aromatic nitrogens is 2. The molecule has 1 fully saturated rings. The molecule has 1 saturated heterocycles. The van der Waals surface area contributed by atoms with Crippen molar-refractivity contribution in [3.05, 3.63) is 22.2 Å². The first-order valence-electron chi connectivity index (χ1n) is 5.35. The zero-order valence-electron chi connectivity index (χ0n) is 9.59. The van der Waals surface area contributed by atoms with Gasteiger partial charge in [-0.2, -0.15) is 4.98 Å². The number of aryl methyl sites for hydroxylation is 1. The fourth-order valence-corrected chi connectivity index (χ4v) is 1.82. The van der Waals surface area contributed by atoms with E-state index in [1.54, 1.807) is 6.92 Å². The van der Waals surface area contributed by atoms with Crippen molar-refractivity contribution in [1.82, 2.24) is 9.55 Å². The molecule has 0 bridgehead atoms. The van der Waals surface area contributed by atoms with Crippen molar-refractivity contribution in [1.29, 1.82) is 0 Å². The average molecular weight is 261 g/mol. The van der Waals surface area contributed by atoms with Crippen molar-refractivity contribution in [3.8, 4) is 0 Å². The molecule has 0 amide bonds. The van der Waals surface area contributed by atoms with Crippen LogP contribution in [-0.2, 0) is 4.74 Å². The van der Waals surface area contributed by atoms with Gasteiger partial charge in [-0.15, -0.1) is 0 Å². The summed E-state index contributed by atoms with van der Waals surface area (Å²) in [6.07, 6.45) is -5.48. The smallest absolute Gasteiger partial charge is 0.351 e. The van der Waals surface area contributed by atoms with Crippen LogP contribution < -0.4 is 11.4 Å². The van der Waals surface area contributed by atoms with Gasteiger partial charge in [0.2, 0.25) is 0 Å². The van der Waals surface area contributed by atoms with E-state index in [9.17, 15) is 13.6 Å². The lowest BCUT2D eigenvalue weighted by Crippen LogP contribution is -2.32. The summed E-state index contributed by atoms with van der Waals surface area (Å²) in [6, 6.07) is 0. The number of hydrogen-bond acceptors (Lipinski definition) is 5. The lowest BCUT2D eigenvalue weighted by atomic mass is 10.2. The molecule has 4 atom stereocenters. The van der Waals surface area contributed by atoms with Crippen molar-refractivity contribution >= 4 is 5.82 Å². The molecular formula is C10H13F2N3O3. The fraction of sp³-hybridized carbons (Fsp3) is 0.600. The van der Waals surface area contributed by atoms with Gasteiger partial charge in [0.15, 0.2) is 18.6 Å². The molecule has 2 rings (SSSR count). The number of aliphatic hydroxyl groups excluding tert-OH is 1. The number of nitrogens with two attached hydrogens (primary N) is 1. The van der Waals surface area contributed by atoms with Gasteiger partial charge in [0, 0.05) is 11.8 Å². The van der Waals surface area contributed by atoms with Crippen LogP contribution in [0.1, 0.15) is 11.8 Å². The van der Waals surface area contributed by atoms with Gasteiger partial charge in [-0.1, -0.05) is 0 Å². The van der Waals surface area contributed by atoms with Gasteiger partial charge in [0.1, 0.15) is 11.9 Å². The molecule has 4 unspecified atom stereocenters. The molecule has 0 aliphatic carbocycles. The molecule has 8 heteroatoms. The van der Waals surface area contributed by atoms with Crippen molar-refractivity contribution in [2.24, 2.45) is 0 Å². The maximum atomic E-state index is 13.7. The van der Waals surface area contributed by atoms with E-state index in [-0.39, 0.29) is 5.82 Å². The summed E-state index contributed by atoms with van der Waals surface area (Å²) < 4.78 is 32.9. The van der Waals surface area contributed by atoms with E-state index in [1.165, 1.54) is 6.20 Å². The normalized spacial score (nSPS) is 31.8. The summed E-state index contributed by atoms with van der Waals surface area (Å²) in [4.78, 5) is 15.0. The fourth-order valence-electron chi connectivity index (χ4n) is 1.82. The Balaban J connectivity index is 2.39. The molecule has 0 saturated carbocycles. The Morgan fingerprint density at radius 2 is 2.22 bits per heavy atom. The summed E-state index contributed by atoms with van der Waals surface area (Å²) >= 11 is 0. The van der Waals surface area contributed by atoms with Gasteiger partial charge in [0.25, 0.3) is 0 Å². The number of halogens is 2. The van der Waals surface area contributed by atoms with Gasteiger partial charge >= 0.3 is 5.69 Å². The number of nitrogen functional groups attached to an aromatic ring is 1. The highest BCUT2D eigenvalue weighted by molar-refractivity contribution is 5.35. The van der Waals surface area contributed by atoms with E-state index in [1.807, 2.05) is 0 Å². The summed E-state index contributed by atoms with van der Waals surface area (Å²) in [6.45, 7) is 0.922. The average Bonchev–Trinajstić information content (AvgIpc) is 2.61. The van der Waals surface area contributed by atoms with E-state index in [0.29, 0.717) is 5.56 Å². The third-order valence-corrected chi connectivity index (χ3v) is 2.87. The Labute approximate surface area is 101 Å². The van der Waals surface area contributed by atoms with Crippen molar-refractivity contribution < 1.29 is 18.6 Å². The number of hydrogen-bond donors (Lipinski definition) is 2. The van der Waals surface area contributed by atoms with Gasteiger partial charge in [0.05, 0.1) is 6.61 Å². The first-order chi connectivity index (χ1) is 8.45. The Morgan fingerprint density at radius 3 is 2.78 bits per heavy atom. The second kappa shape index (κ2) is 4.62. The standard InChI is InChI=1S/C10H13F2N3O3/c1-4-2-15(10(17)14-8(4)13)9-7(12)6(11)5(3-16)18-9/h2,5-7,9,16H,3H2,1H3,(H2,13,14,17). The predicted molar refractivity (Wildman–Crippen MR) is 58.4 cm³/mol. The second-order valence-electron chi connectivity index (χ2n) is 4.14. The molecule has 1 aliphatic heterocycles. The highest BCUT2D eigenvalue weighted by atomic mass is 19.2. The molecule has 1 aromatic heterocycles. The van der Waals surface area contributed by atoms with Gasteiger partial charge in [-0.05, 0) is 6.92 Å². The number of aliphatic hydroxyl groups is 1. The van der Waals surface area contributed by atoms with Crippen LogP contribution in [0.25, 0.3) is 0 Å². The van der Waals surface area contributed by atoms with E-state index in [4.69, 9.17) is 15.6 Å². The highest BCUT2D eigenvalue weighted by Crippen LogP contribution is 2.32. The SMILES string of the molecule is Cc1cn(C2OC(CO)C(F)C2F)c(=O)nc1N. The molecular weight excluding hydrogens is 248 g/mol. The Kier molecular flexibility index (Phi) is 3.31. The van der Waals surface area contributed by atoms with Crippen LogP contribution in [-0.4, -0.2) is 39.7 Å². The Bertz CT molecular complexity index is 508. The number of alkyl halides is 2. The first-order valence-corrected chi connectivity index (χ1v) is 5.35. The minimum atomic E-state index is -2.04. The van der Waals surface area contributed by atoms with Crippen molar-refractivity contribution in [2.75, 3.05) is 12.3 Å². The molecule has 18 heavy (non-hydrogen) atoms. The van der Waals surface area contributed by atoms with Crippen molar-refractivity contribution in [3.63, 3.8) is 0 Å². The summed E-state index contributed by atoms with van der Waals surface area (Å²) in [5, 5.41) is 8.83. The van der Waals surface area contributed by atoms with Crippen LogP contribution in [0.3, 0.4) is 0 Å². The zero-order chi connectivity index (χ0) is 13.4. The molecule has 1 aromatic rings. The topological polar surface area (TPSA) is 90.4 Å². The Morgan fingerprint density at radius 1 is 1.56 bits per heavy atom. The molecule has 0 spiro atoms. The monoisotopic (exact) mass is 261 g/mol. The maximum absolute atomic E-state index is 13.7. The predicted octanol–water partition coefficient (Wildman–Crippen LogP) is -0.300. The number of nitrogens with zero attached hydrogens (tertiary/aromatic N) is 2. The quantitative estimate of drug-likeness (QED) is 0.762. The summed E-state index contributed by atoms with van der Waals surface area (Å²) in [5.41, 5.74) is 5.06. The molecule has 100 valence electrons. The molecule has 6 nitrogen and oxygen atoms in total. The molecule has 3 N–H and O–H groups in total. The van der Waals surface area contributed by atoms with Crippen LogP contribution in [0.5, 0.6) is 0 Å². The van der Waals surface area contributed by atoms with Crippen LogP contribution in [0.4, 0.5) is 14.6 Å². The van der Waals surface area contributed by atoms with Crippen molar-refractivity contribution in [2.45, 2.75) is 31.6 Å².